The third-order valence-electron chi connectivity index (χ3n) is 2.08. The highest BCUT2D eigenvalue weighted by Gasteiger charge is 2.18. The highest BCUT2D eigenvalue weighted by atomic mass is 79.9. The largest absolute Gasteiger partial charge is 0.497 e. The first-order valence-corrected chi connectivity index (χ1v) is 5.53. The second-order valence-corrected chi connectivity index (χ2v) is 4.19. The number of alkyl halides is 1. The molecule has 0 aromatic heterocycles. The lowest BCUT2D eigenvalue weighted by Crippen LogP contribution is -2.14. The van der Waals surface area contributed by atoms with Gasteiger partial charge in [-0.25, -0.2) is 4.39 Å². The topological polar surface area (TPSA) is 26.3 Å². The Balaban J connectivity index is 3.00. The number of halogens is 2. The van der Waals surface area contributed by atoms with Crippen molar-refractivity contribution in [1.82, 2.24) is 0 Å². The molecule has 1 aromatic rings. The van der Waals surface area contributed by atoms with Crippen LogP contribution in [0.15, 0.2) is 18.2 Å². The lowest BCUT2D eigenvalue weighted by atomic mass is 10.1. The fraction of sp³-hybridized carbons (Fsp3) is 0.364. The zero-order chi connectivity index (χ0) is 11.4. The quantitative estimate of drug-likeness (QED) is 0.623. The van der Waals surface area contributed by atoms with Crippen LogP contribution in [0.3, 0.4) is 0 Å². The summed E-state index contributed by atoms with van der Waals surface area (Å²) in [7, 11) is 1.45. The lowest BCUT2D eigenvalue weighted by Gasteiger charge is -2.07. The standard InChI is InChI=1S/C11H12BrFO2/c1-3-9(12)11(14)8-5-4-7(15-2)6-10(8)13/h4-6,9H,3H2,1-2H3. The van der Waals surface area contributed by atoms with Crippen molar-refractivity contribution in [2.75, 3.05) is 7.11 Å². The SMILES string of the molecule is CCC(Br)C(=O)c1ccc(OC)cc1F. The van der Waals surface area contributed by atoms with Crippen LogP contribution < -0.4 is 4.74 Å². The van der Waals surface area contributed by atoms with Gasteiger partial charge in [-0.05, 0) is 18.6 Å². The zero-order valence-corrected chi connectivity index (χ0v) is 10.2. The van der Waals surface area contributed by atoms with E-state index < -0.39 is 5.82 Å². The molecule has 1 unspecified atom stereocenters. The maximum absolute atomic E-state index is 13.5. The van der Waals surface area contributed by atoms with Crippen LogP contribution in [0.1, 0.15) is 23.7 Å². The van der Waals surface area contributed by atoms with E-state index in [2.05, 4.69) is 15.9 Å². The van der Waals surface area contributed by atoms with Crippen LogP contribution in [0, 0.1) is 5.82 Å². The van der Waals surface area contributed by atoms with E-state index in [1.54, 1.807) is 6.07 Å². The summed E-state index contributed by atoms with van der Waals surface area (Å²) in [6.45, 7) is 1.86. The van der Waals surface area contributed by atoms with Gasteiger partial charge in [0.1, 0.15) is 11.6 Å². The van der Waals surface area contributed by atoms with Crippen molar-refractivity contribution in [3.8, 4) is 5.75 Å². The second kappa shape index (κ2) is 5.26. The summed E-state index contributed by atoms with van der Waals surface area (Å²) in [6, 6.07) is 4.23. The van der Waals surface area contributed by atoms with Crippen molar-refractivity contribution in [3.63, 3.8) is 0 Å². The third kappa shape index (κ3) is 2.78. The van der Waals surface area contributed by atoms with Crippen molar-refractivity contribution >= 4 is 21.7 Å². The van der Waals surface area contributed by atoms with Crippen LogP contribution >= 0.6 is 15.9 Å². The summed E-state index contributed by atoms with van der Waals surface area (Å²) >= 11 is 3.20. The number of Topliss-reactive ketones (excluding diaryl/α,β-unsaturated/α-hetero) is 1. The molecule has 2 nitrogen and oxygen atoms in total. The molecular formula is C11H12BrFO2. The van der Waals surface area contributed by atoms with E-state index in [4.69, 9.17) is 4.74 Å². The minimum absolute atomic E-state index is 0.0968. The summed E-state index contributed by atoms with van der Waals surface area (Å²) < 4.78 is 18.3. The van der Waals surface area contributed by atoms with Gasteiger partial charge in [0.05, 0.1) is 17.5 Å². The molecule has 0 saturated heterocycles. The molecule has 0 fully saturated rings. The fourth-order valence-corrected chi connectivity index (χ4v) is 1.42. The van der Waals surface area contributed by atoms with Gasteiger partial charge in [0.25, 0.3) is 0 Å². The molecule has 1 rings (SSSR count). The molecule has 4 heteroatoms. The van der Waals surface area contributed by atoms with Crippen molar-refractivity contribution in [2.45, 2.75) is 18.2 Å². The molecule has 0 spiro atoms. The molecule has 0 radical (unpaired) electrons. The van der Waals surface area contributed by atoms with Crippen molar-refractivity contribution in [2.24, 2.45) is 0 Å². The number of methoxy groups -OCH3 is 1. The van der Waals surface area contributed by atoms with Gasteiger partial charge in [0.2, 0.25) is 0 Å². The first-order valence-electron chi connectivity index (χ1n) is 4.62. The predicted molar refractivity (Wildman–Crippen MR) is 60.3 cm³/mol. The molecule has 15 heavy (non-hydrogen) atoms. The van der Waals surface area contributed by atoms with E-state index >= 15 is 0 Å². The van der Waals surface area contributed by atoms with E-state index in [0.29, 0.717) is 12.2 Å². The molecule has 1 aromatic carbocycles. The fourth-order valence-electron chi connectivity index (χ4n) is 1.18. The maximum atomic E-state index is 13.5. The van der Waals surface area contributed by atoms with Crippen LogP contribution in [0.2, 0.25) is 0 Å². The first kappa shape index (κ1) is 12.2. The van der Waals surface area contributed by atoms with E-state index in [1.807, 2.05) is 6.92 Å². The molecular weight excluding hydrogens is 263 g/mol. The summed E-state index contributed by atoms with van der Waals surface area (Å²) in [5, 5.41) is 0. The summed E-state index contributed by atoms with van der Waals surface area (Å²) in [6.07, 6.45) is 0.629. The number of benzene rings is 1. The van der Waals surface area contributed by atoms with Crippen LogP contribution in [-0.2, 0) is 0 Å². The Morgan fingerprint density at radius 1 is 1.60 bits per heavy atom. The Morgan fingerprint density at radius 2 is 2.27 bits per heavy atom. The van der Waals surface area contributed by atoms with Crippen molar-refractivity contribution < 1.29 is 13.9 Å². The third-order valence-corrected chi connectivity index (χ3v) is 3.15. The Bertz CT molecular complexity index is 366. The average molecular weight is 275 g/mol. The number of hydrogen-bond acceptors (Lipinski definition) is 2. The molecule has 0 aliphatic rings. The summed E-state index contributed by atoms with van der Waals surface area (Å²) in [5.41, 5.74) is 0.0968. The molecule has 82 valence electrons. The molecule has 0 N–H and O–H groups in total. The van der Waals surface area contributed by atoms with Gasteiger partial charge in [0, 0.05) is 6.07 Å². The van der Waals surface area contributed by atoms with Crippen LogP contribution in [0.25, 0.3) is 0 Å². The Morgan fingerprint density at radius 3 is 2.73 bits per heavy atom. The minimum atomic E-state index is -0.544. The van der Waals surface area contributed by atoms with Gasteiger partial charge < -0.3 is 4.74 Å². The van der Waals surface area contributed by atoms with Gasteiger partial charge in [-0.1, -0.05) is 22.9 Å². The highest BCUT2D eigenvalue weighted by molar-refractivity contribution is 9.10. The van der Waals surface area contributed by atoms with E-state index in [-0.39, 0.29) is 16.2 Å². The van der Waals surface area contributed by atoms with E-state index in [9.17, 15) is 9.18 Å². The number of ketones is 1. The monoisotopic (exact) mass is 274 g/mol. The first-order chi connectivity index (χ1) is 7.10. The molecule has 1 atom stereocenters. The second-order valence-electron chi connectivity index (χ2n) is 3.09. The number of hydrogen-bond donors (Lipinski definition) is 0. The van der Waals surface area contributed by atoms with Gasteiger partial charge >= 0.3 is 0 Å². The van der Waals surface area contributed by atoms with Crippen LogP contribution in [-0.4, -0.2) is 17.7 Å². The predicted octanol–water partition coefficient (Wildman–Crippen LogP) is 3.19. The number of carbonyl (C=O) groups excluding carboxylic acids is 1. The molecule has 0 aliphatic carbocycles. The molecule has 0 heterocycles. The Kier molecular flexibility index (Phi) is 4.27. The van der Waals surface area contributed by atoms with Crippen molar-refractivity contribution in [3.05, 3.63) is 29.6 Å². The number of ether oxygens (including phenoxy) is 1. The van der Waals surface area contributed by atoms with Gasteiger partial charge in [-0.2, -0.15) is 0 Å². The Hall–Kier alpha value is -0.900. The molecule has 0 bridgehead atoms. The maximum Gasteiger partial charge on any atom is 0.179 e. The van der Waals surface area contributed by atoms with Gasteiger partial charge in [0.15, 0.2) is 5.78 Å². The molecule has 0 aliphatic heterocycles. The number of carbonyl (C=O) groups is 1. The number of rotatable bonds is 4. The van der Waals surface area contributed by atoms with Crippen molar-refractivity contribution in [1.29, 1.82) is 0 Å². The van der Waals surface area contributed by atoms with Crippen LogP contribution in [0.5, 0.6) is 5.75 Å². The normalized spacial score (nSPS) is 12.3. The molecule has 0 saturated carbocycles. The minimum Gasteiger partial charge on any atom is -0.497 e. The van der Waals surface area contributed by atoms with Gasteiger partial charge in [-0.3, -0.25) is 4.79 Å². The lowest BCUT2D eigenvalue weighted by molar-refractivity contribution is 0.0986. The Labute approximate surface area is 96.6 Å². The smallest absolute Gasteiger partial charge is 0.179 e. The highest BCUT2D eigenvalue weighted by Crippen LogP contribution is 2.20. The van der Waals surface area contributed by atoms with E-state index in [1.165, 1.54) is 19.2 Å². The summed E-state index contributed by atoms with van der Waals surface area (Å²) in [4.78, 5) is 11.3. The molecule has 0 amide bonds. The summed E-state index contributed by atoms with van der Waals surface area (Å²) in [5.74, 6) is -0.374. The zero-order valence-electron chi connectivity index (χ0n) is 8.59. The van der Waals surface area contributed by atoms with Gasteiger partial charge in [-0.15, -0.1) is 0 Å². The van der Waals surface area contributed by atoms with Crippen LogP contribution in [0.4, 0.5) is 4.39 Å². The average Bonchev–Trinajstić information content (AvgIpc) is 2.26. The van der Waals surface area contributed by atoms with E-state index in [0.717, 1.165) is 0 Å².